The SMILES string of the molecule is N#Cc1ccccc1C(CC(C=NO)N1CCN(c2cccc3c2OCCO3)CC1)C1CCCCC1. The summed E-state index contributed by atoms with van der Waals surface area (Å²) in [6.45, 7) is 4.60. The van der Waals surface area contributed by atoms with Gasteiger partial charge in [-0.25, -0.2) is 0 Å². The summed E-state index contributed by atoms with van der Waals surface area (Å²) in [4.78, 5) is 4.79. The second-order valence-corrected chi connectivity index (χ2v) is 10.1. The van der Waals surface area contributed by atoms with Crippen LogP contribution in [0.2, 0.25) is 0 Å². The van der Waals surface area contributed by atoms with Crippen LogP contribution in [0.3, 0.4) is 0 Å². The van der Waals surface area contributed by atoms with E-state index in [1.165, 1.54) is 32.1 Å². The number of hydrogen-bond acceptors (Lipinski definition) is 7. The smallest absolute Gasteiger partial charge is 0.184 e. The Balaban J connectivity index is 1.33. The molecule has 2 heterocycles. The molecular weight excluding hydrogens is 452 g/mol. The van der Waals surface area contributed by atoms with Crippen molar-refractivity contribution in [1.29, 1.82) is 5.26 Å². The van der Waals surface area contributed by atoms with Gasteiger partial charge < -0.3 is 19.6 Å². The third-order valence-corrected chi connectivity index (χ3v) is 8.10. The van der Waals surface area contributed by atoms with Crippen LogP contribution in [0.4, 0.5) is 5.69 Å². The largest absolute Gasteiger partial charge is 0.486 e. The van der Waals surface area contributed by atoms with Crippen LogP contribution in [0.1, 0.15) is 55.6 Å². The van der Waals surface area contributed by atoms with Crippen LogP contribution in [-0.2, 0) is 0 Å². The Bertz CT molecular complexity index is 1080. The molecule has 1 saturated heterocycles. The van der Waals surface area contributed by atoms with E-state index >= 15 is 0 Å². The quantitative estimate of drug-likeness (QED) is 0.334. The molecule has 2 aliphatic heterocycles. The molecule has 0 spiro atoms. The van der Waals surface area contributed by atoms with Gasteiger partial charge in [-0.3, -0.25) is 4.90 Å². The Labute approximate surface area is 213 Å². The van der Waals surface area contributed by atoms with Crippen molar-refractivity contribution < 1.29 is 14.7 Å². The van der Waals surface area contributed by atoms with Crippen LogP contribution >= 0.6 is 0 Å². The maximum Gasteiger partial charge on any atom is 0.184 e. The molecule has 0 amide bonds. The number of nitriles is 1. The number of para-hydroxylation sites is 1. The van der Waals surface area contributed by atoms with Crippen LogP contribution < -0.4 is 14.4 Å². The molecule has 1 saturated carbocycles. The van der Waals surface area contributed by atoms with Crippen molar-refractivity contribution in [1.82, 2.24) is 4.90 Å². The van der Waals surface area contributed by atoms with Gasteiger partial charge in [-0.15, -0.1) is 5.16 Å². The Morgan fingerprint density at radius 2 is 1.78 bits per heavy atom. The molecule has 0 radical (unpaired) electrons. The van der Waals surface area contributed by atoms with E-state index in [2.05, 4.69) is 33.2 Å². The minimum absolute atomic E-state index is 0.0140. The summed E-state index contributed by atoms with van der Waals surface area (Å²) in [6, 6.07) is 16.6. The van der Waals surface area contributed by atoms with Gasteiger partial charge in [0.25, 0.3) is 0 Å². The first-order chi connectivity index (χ1) is 17.8. The lowest BCUT2D eigenvalue weighted by molar-refractivity contribution is 0.170. The van der Waals surface area contributed by atoms with Gasteiger partial charge in [0.2, 0.25) is 0 Å². The number of fused-ring (bicyclic) bond motifs is 1. The minimum Gasteiger partial charge on any atom is -0.486 e. The predicted octanol–water partition coefficient (Wildman–Crippen LogP) is 5.03. The average Bonchev–Trinajstić information content (AvgIpc) is 2.95. The van der Waals surface area contributed by atoms with E-state index in [9.17, 15) is 10.5 Å². The number of oxime groups is 1. The van der Waals surface area contributed by atoms with Gasteiger partial charge in [-0.05, 0) is 54.9 Å². The molecule has 0 bridgehead atoms. The molecule has 0 aromatic heterocycles. The number of benzene rings is 2. The number of anilines is 1. The molecular formula is C29H36N4O3. The van der Waals surface area contributed by atoms with E-state index in [0.29, 0.717) is 19.1 Å². The average molecular weight is 489 g/mol. The fourth-order valence-corrected chi connectivity index (χ4v) is 6.28. The van der Waals surface area contributed by atoms with E-state index in [0.717, 1.165) is 60.9 Å². The fraction of sp³-hybridized carbons (Fsp3) is 0.517. The standard InChI is InChI=1S/C29H36N4O3/c30-20-23-9-4-5-10-25(23)26(22-7-2-1-3-8-22)19-24(21-31-34)32-13-15-33(16-14-32)27-11-6-12-28-29(27)36-18-17-35-28/h4-6,9-12,21-22,24,26,34H,1-3,7-8,13-19H2. The van der Waals surface area contributed by atoms with Crippen molar-refractivity contribution in [3.63, 3.8) is 0 Å². The highest BCUT2D eigenvalue weighted by molar-refractivity contribution is 5.66. The highest BCUT2D eigenvalue weighted by Crippen LogP contribution is 2.42. The molecule has 7 heteroatoms. The van der Waals surface area contributed by atoms with Crippen molar-refractivity contribution in [2.75, 3.05) is 44.3 Å². The lowest BCUT2D eigenvalue weighted by Crippen LogP contribution is -2.51. The third kappa shape index (κ3) is 5.29. The Morgan fingerprint density at radius 3 is 2.56 bits per heavy atom. The van der Waals surface area contributed by atoms with Gasteiger partial charge in [0.05, 0.1) is 23.5 Å². The monoisotopic (exact) mass is 488 g/mol. The van der Waals surface area contributed by atoms with Crippen LogP contribution in [0.25, 0.3) is 0 Å². The summed E-state index contributed by atoms with van der Waals surface area (Å²) in [5, 5.41) is 22.9. The highest BCUT2D eigenvalue weighted by atomic mass is 16.6. The van der Waals surface area contributed by atoms with Crippen molar-refractivity contribution in [2.24, 2.45) is 11.1 Å². The van der Waals surface area contributed by atoms with Crippen molar-refractivity contribution in [2.45, 2.75) is 50.5 Å². The Morgan fingerprint density at radius 1 is 1.00 bits per heavy atom. The van der Waals surface area contributed by atoms with Crippen LogP contribution in [0.5, 0.6) is 11.5 Å². The van der Waals surface area contributed by atoms with Gasteiger partial charge in [-0.2, -0.15) is 5.26 Å². The van der Waals surface area contributed by atoms with Crippen LogP contribution in [0.15, 0.2) is 47.6 Å². The van der Waals surface area contributed by atoms with Gasteiger partial charge in [0.15, 0.2) is 11.5 Å². The summed E-state index contributed by atoms with van der Waals surface area (Å²) in [6.07, 6.45) is 8.74. The van der Waals surface area contributed by atoms with E-state index in [-0.39, 0.29) is 12.0 Å². The third-order valence-electron chi connectivity index (χ3n) is 8.10. The zero-order valence-corrected chi connectivity index (χ0v) is 20.9. The number of piperazine rings is 1. The zero-order valence-electron chi connectivity index (χ0n) is 20.9. The second-order valence-electron chi connectivity index (χ2n) is 10.1. The minimum atomic E-state index is 0.0140. The number of rotatable bonds is 7. The topological polar surface area (TPSA) is 81.3 Å². The van der Waals surface area contributed by atoms with Crippen molar-refractivity contribution in [3.05, 3.63) is 53.6 Å². The highest BCUT2D eigenvalue weighted by Gasteiger charge is 2.33. The maximum absolute atomic E-state index is 9.82. The molecule has 2 aromatic carbocycles. The maximum atomic E-state index is 9.82. The molecule has 190 valence electrons. The molecule has 36 heavy (non-hydrogen) atoms. The van der Waals surface area contributed by atoms with Crippen LogP contribution in [-0.4, -0.2) is 61.8 Å². The normalized spacial score (nSPS) is 20.7. The molecule has 5 rings (SSSR count). The Kier molecular flexibility index (Phi) is 7.92. The number of nitrogens with zero attached hydrogens (tertiary/aromatic N) is 4. The zero-order chi connectivity index (χ0) is 24.7. The van der Waals surface area contributed by atoms with E-state index < -0.39 is 0 Å². The van der Waals surface area contributed by atoms with Crippen molar-refractivity contribution in [3.8, 4) is 17.6 Å². The fourth-order valence-electron chi connectivity index (χ4n) is 6.28. The van der Waals surface area contributed by atoms with E-state index in [1.54, 1.807) is 6.21 Å². The molecule has 3 aliphatic rings. The van der Waals surface area contributed by atoms with Crippen molar-refractivity contribution >= 4 is 11.9 Å². The summed E-state index contributed by atoms with van der Waals surface area (Å²) in [5.41, 5.74) is 3.01. The summed E-state index contributed by atoms with van der Waals surface area (Å²) in [7, 11) is 0. The van der Waals surface area contributed by atoms with Gasteiger partial charge in [-0.1, -0.05) is 43.5 Å². The molecule has 2 aromatic rings. The van der Waals surface area contributed by atoms with Gasteiger partial charge in [0, 0.05) is 32.2 Å². The predicted molar refractivity (Wildman–Crippen MR) is 140 cm³/mol. The summed E-state index contributed by atoms with van der Waals surface area (Å²) >= 11 is 0. The first kappa shape index (κ1) is 24.5. The molecule has 2 atom stereocenters. The Hall–Kier alpha value is -3.24. The summed E-state index contributed by atoms with van der Waals surface area (Å²) in [5.74, 6) is 2.49. The second kappa shape index (κ2) is 11.7. The molecule has 7 nitrogen and oxygen atoms in total. The van der Waals surface area contributed by atoms with E-state index in [1.807, 2.05) is 30.3 Å². The van der Waals surface area contributed by atoms with Gasteiger partial charge in [0.1, 0.15) is 13.2 Å². The van der Waals surface area contributed by atoms with Crippen LogP contribution in [0, 0.1) is 17.2 Å². The number of hydrogen-bond donors (Lipinski definition) is 1. The first-order valence-corrected chi connectivity index (χ1v) is 13.3. The lowest BCUT2D eigenvalue weighted by atomic mass is 9.73. The van der Waals surface area contributed by atoms with Gasteiger partial charge >= 0.3 is 0 Å². The summed E-state index contributed by atoms with van der Waals surface area (Å²) < 4.78 is 11.7. The molecule has 2 fully saturated rings. The molecule has 1 N–H and O–H groups in total. The molecule has 2 unspecified atom stereocenters. The first-order valence-electron chi connectivity index (χ1n) is 13.3. The lowest BCUT2D eigenvalue weighted by Gasteiger charge is -2.41. The molecule has 1 aliphatic carbocycles. The number of ether oxygens (including phenoxy) is 2. The van der Waals surface area contributed by atoms with E-state index in [4.69, 9.17) is 9.47 Å².